The first kappa shape index (κ1) is 10.9. The second-order valence-corrected chi connectivity index (χ2v) is 4.38. The number of hydrogen-bond donors (Lipinski definition) is 1. The van der Waals surface area contributed by atoms with Crippen LogP contribution in [-0.2, 0) is 6.54 Å². The van der Waals surface area contributed by atoms with Gasteiger partial charge in [-0.3, -0.25) is 4.90 Å². The van der Waals surface area contributed by atoms with Crippen LogP contribution in [0.1, 0.15) is 12.6 Å². The number of nitrogens with one attached hydrogen (secondary N) is 1. The number of hydrogen-bond acceptors (Lipinski definition) is 5. The highest BCUT2D eigenvalue weighted by molar-refractivity contribution is 7.11. The molecule has 1 aromatic rings. The standard InChI is InChI=1S/C10H17N3OS/c1-2-14-10-12-9(8-15-10)7-13-5-3-11-4-6-13/h8,11H,2-7H2,1H3. The van der Waals surface area contributed by atoms with Crippen LogP contribution in [0.4, 0.5) is 0 Å². The number of nitrogens with zero attached hydrogens (tertiary/aromatic N) is 2. The van der Waals surface area contributed by atoms with E-state index in [1.165, 1.54) is 0 Å². The summed E-state index contributed by atoms with van der Waals surface area (Å²) in [4.78, 5) is 6.85. The van der Waals surface area contributed by atoms with Crippen LogP contribution >= 0.6 is 11.3 Å². The molecule has 0 spiro atoms. The quantitative estimate of drug-likeness (QED) is 0.831. The van der Waals surface area contributed by atoms with Crippen molar-refractivity contribution in [2.45, 2.75) is 13.5 Å². The van der Waals surface area contributed by atoms with Crippen LogP contribution in [0.25, 0.3) is 0 Å². The molecular formula is C10H17N3OS. The third kappa shape index (κ3) is 3.15. The summed E-state index contributed by atoms with van der Waals surface area (Å²) in [6, 6.07) is 0. The van der Waals surface area contributed by atoms with E-state index in [1.807, 2.05) is 6.92 Å². The Labute approximate surface area is 94.3 Å². The maximum absolute atomic E-state index is 5.35. The highest BCUT2D eigenvalue weighted by Crippen LogP contribution is 2.19. The van der Waals surface area contributed by atoms with Gasteiger partial charge in [0.15, 0.2) is 0 Å². The first-order valence-electron chi connectivity index (χ1n) is 5.38. The molecule has 1 saturated heterocycles. The molecule has 15 heavy (non-hydrogen) atoms. The monoisotopic (exact) mass is 227 g/mol. The second-order valence-electron chi connectivity index (χ2n) is 3.56. The van der Waals surface area contributed by atoms with Gasteiger partial charge in [-0.2, -0.15) is 0 Å². The molecule has 5 heteroatoms. The summed E-state index contributed by atoms with van der Waals surface area (Å²) in [6.07, 6.45) is 0. The number of piperazine rings is 1. The molecular weight excluding hydrogens is 210 g/mol. The molecule has 2 heterocycles. The van der Waals surface area contributed by atoms with E-state index in [0.717, 1.165) is 43.6 Å². The van der Waals surface area contributed by atoms with E-state index in [1.54, 1.807) is 11.3 Å². The van der Waals surface area contributed by atoms with E-state index < -0.39 is 0 Å². The Morgan fingerprint density at radius 3 is 3.07 bits per heavy atom. The molecule has 0 aromatic carbocycles. The molecule has 84 valence electrons. The number of rotatable bonds is 4. The Kier molecular flexibility index (Phi) is 3.94. The minimum absolute atomic E-state index is 0.695. The summed E-state index contributed by atoms with van der Waals surface area (Å²) in [5.41, 5.74) is 1.13. The minimum atomic E-state index is 0.695. The average molecular weight is 227 g/mol. The summed E-state index contributed by atoms with van der Waals surface area (Å²) in [7, 11) is 0. The third-order valence-corrected chi connectivity index (χ3v) is 3.19. The molecule has 0 aliphatic carbocycles. The fourth-order valence-electron chi connectivity index (χ4n) is 1.65. The molecule has 1 fully saturated rings. The van der Waals surface area contributed by atoms with Crippen LogP contribution < -0.4 is 10.1 Å². The van der Waals surface area contributed by atoms with Gasteiger partial charge in [0.2, 0.25) is 0 Å². The van der Waals surface area contributed by atoms with Gasteiger partial charge in [0, 0.05) is 38.1 Å². The van der Waals surface area contributed by atoms with Crippen molar-refractivity contribution in [3.63, 3.8) is 0 Å². The molecule has 0 radical (unpaired) electrons. The fourth-order valence-corrected chi connectivity index (χ4v) is 2.37. The van der Waals surface area contributed by atoms with Gasteiger partial charge in [-0.1, -0.05) is 11.3 Å². The Balaban J connectivity index is 1.86. The van der Waals surface area contributed by atoms with E-state index >= 15 is 0 Å². The van der Waals surface area contributed by atoms with Crippen molar-refractivity contribution >= 4 is 11.3 Å². The van der Waals surface area contributed by atoms with Crippen molar-refractivity contribution in [3.8, 4) is 5.19 Å². The molecule has 1 aromatic heterocycles. The SMILES string of the molecule is CCOc1nc(CN2CCNCC2)cs1. The first-order chi connectivity index (χ1) is 7.38. The van der Waals surface area contributed by atoms with Gasteiger partial charge in [-0.25, -0.2) is 4.98 Å². The molecule has 0 unspecified atom stereocenters. The van der Waals surface area contributed by atoms with Gasteiger partial charge < -0.3 is 10.1 Å². The van der Waals surface area contributed by atoms with Gasteiger partial charge >= 0.3 is 0 Å². The lowest BCUT2D eigenvalue weighted by Crippen LogP contribution is -2.42. The smallest absolute Gasteiger partial charge is 0.273 e. The lowest BCUT2D eigenvalue weighted by molar-refractivity contribution is 0.230. The second kappa shape index (κ2) is 5.44. The van der Waals surface area contributed by atoms with E-state index in [0.29, 0.717) is 6.61 Å². The summed E-state index contributed by atoms with van der Waals surface area (Å²) in [5, 5.41) is 6.23. The minimum Gasteiger partial charge on any atom is -0.470 e. The highest BCUT2D eigenvalue weighted by Gasteiger charge is 2.11. The predicted molar refractivity (Wildman–Crippen MR) is 61.4 cm³/mol. The first-order valence-corrected chi connectivity index (χ1v) is 6.26. The molecule has 4 nitrogen and oxygen atoms in total. The molecule has 1 aliphatic heterocycles. The topological polar surface area (TPSA) is 37.4 Å². The number of ether oxygens (including phenoxy) is 1. The van der Waals surface area contributed by atoms with E-state index in [4.69, 9.17) is 4.74 Å². The van der Waals surface area contributed by atoms with Crippen LogP contribution in [0.5, 0.6) is 5.19 Å². The van der Waals surface area contributed by atoms with E-state index in [2.05, 4.69) is 20.6 Å². The Morgan fingerprint density at radius 1 is 1.53 bits per heavy atom. The van der Waals surface area contributed by atoms with Crippen molar-refractivity contribution in [2.24, 2.45) is 0 Å². The molecule has 0 saturated carbocycles. The number of thiazole rings is 1. The van der Waals surface area contributed by atoms with Crippen molar-refractivity contribution in [3.05, 3.63) is 11.1 Å². The Hall–Kier alpha value is -0.650. The van der Waals surface area contributed by atoms with Gasteiger partial charge in [-0.15, -0.1) is 0 Å². The predicted octanol–water partition coefficient (Wildman–Crippen LogP) is 0.947. The zero-order valence-corrected chi connectivity index (χ0v) is 9.85. The van der Waals surface area contributed by atoms with E-state index in [9.17, 15) is 0 Å². The van der Waals surface area contributed by atoms with Crippen LogP contribution in [-0.4, -0.2) is 42.7 Å². The van der Waals surface area contributed by atoms with Gasteiger partial charge in [-0.05, 0) is 6.92 Å². The Bertz CT molecular complexity index is 297. The van der Waals surface area contributed by atoms with Crippen LogP contribution in [0.2, 0.25) is 0 Å². The van der Waals surface area contributed by atoms with Crippen LogP contribution in [0.3, 0.4) is 0 Å². The Morgan fingerprint density at radius 2 is 2.33 bits per heavy atom. The summed E-state index contributed by atoms with van der Waals surface area (Å²) < 4.78 is 5.35. The molecule has 0 amide bonds. The summed E-state index contributed by atoms with van der Waals surface area (Å²) in [5.74, 6) is 0. The molecule has 2 rings (SSSR count). The van der Waals surface area contributed by atoms with Crippen molar-refractivity contribution < 1.29 is 4.74 Å². The zero-order chi connectivity index (χ0) is 10.5. The molecule has 1 N–H and O–H groups in total. The van der Waals surface area contributed by atoms with E-state index in [-0.39, 0.29) is 0 Å². The zero-order valence-electron chi connectivity index (χ0n) is 9.03. The maximum Gasteiger partial charge on any atom is 0.273 e. The average Bonchev–Trinajstić information content (AvgIpc) is 2.68. The van der Waals surface area contributed by atoms with Crippen LogP contribution in [0, 0.1) is 0 Å². The molecule has 0 atom stereocenters. The van der Waals surface area contributed by atoms with Crippen molar-refractivity contribution in [1.29, 1.82) is 0 Å². The largest absolute Gasteiger partial charge is 0.470 e. The lowest BCUT2D eigenvalue weighted by atomic mass is 10.3. The summed E-state index contributed by atoms with van der Waals surface area (Å²) in [6.45, 7) is 8.02. The molecule has 1 aliphatic rings. The third-order valence-electron chi connectivity index (χ3n) is 2.39. The van der Waals surface area contributed by atoms with Crippen LogP contribution in [0.15, 0.2) is 5.38 Å². The maximum atomic E-state index is 5.35. The lowest BCUT2D eigenvalue weighted by Gasteiger charge is -2.26. The highest BCUT2D eigenvalue weighted by atomic mass is 32.1. The number of aromatic nitrogens is 1. The fraction of sp³-hybridized carbons (Fsp3) is 0.700. The van der Waals surface area contributed by atoms with Gasteiger partial charge in [0.05, 0.1) is 12.3 Å². The van der Waals surface area contributed by atoms with Crippen molar-refractivity contribution in [2.75, 3.05) is 32.8 Å². The molecule has 0 bridgehead atoms. The van der Waals surface area contributed by atoms with Gasteiger partial charge in [0.1, 0.15) is 0 Å². The summed E-state index contributed by atoms with van der Waals surface area (Å²) >= 11 is 1.59. The van der Waals surface area contributed by atoms with Crippen molar-refractivity contribution in [1.82, 2.24) is 15.2 Å². The van der Waals surface area contributed by atoms with Gasteiger partial charge in [0.25, 0.3) is 5.19 Å². The normalized spacial score (nSPS) is 17.9.